The summed E-state index contributed by atoms with van der Waals surface area (Å²) in [4.78, 5) is 46.4. The second-order valence-electron chi connectivity index (χ2n) is 9.56. The van der Waals surface area contributed by atoms with Gasteiger partial charge < -0.3 is 25.2 Å². The lowest BCUT2D eigenvalue weighted by Crippen LogP contribution is -2.42. The molecular formula is C29H32FN5O8. The third-order valence-corrected chi connectivity index (χ3v) is 6.21. The topological polar surface area (TPSA) is 188 Å². The van der Waals surface area contributed by atoms with E-state index in [1.54, 1.807) is 25.4 Å². The van der Waals surface area contributed by atoms with Crippen molar-refractivity contribution in [3.8, 4) is 11.3 Å². The lowest BCUT2D eigenvalue weighted by Gasteiger charge is -2.22. The molecule has 13 nitrogen and oxygen atoms in total. The number of ether oxygens (including phenoxy) is 1. The molecule has 3 heterocycles. The molecule has 0 atom stereocenters. The highest BCUT2D eigenvalue weighted by molar-refractivity contribution is 5.88. The quantitative estimate of drug-likeness (QED) is 0.156. The summed E-state index contributed by atoms with van der Waals surface area (Å²) >= 11 is 0. The molecule has 0 aliphatic heterocycles. The summed E-state index contributed by atoms with van der Waals surface area (Å²) in [6.45, 7) is 2.90. The molecule has 0 saturated carbocycles. The number of aromatic nitrogens is 4. The Morgan fingerprint density at radius 2 is 1.63 bits per heavy atom. The minimum absolute atomic E-state index is 0.265. The first-order valence-electron chi connectivity index (χ1n) is 13.1. The van der Waals surface area contributed by atoms with Crippen LogP contribution in [-0.4, -0.2) is 88.4 Å². The van der Waals surface area contributed by atoms with Crippen LogP contribution in [-0.2, 0) is 32.2 Å². The summed E-state index contributed by atoms with van der Waals surface area (Å²) in [5.41, 5.74) is 0.957. The van der Waals surface area contributed by atoms with Crippen LogP contribution in [0.1, 0.15) is 30.7 Å². The van der Waals surface area contributed by atoms with Gasteiger partial charge in [-0.05, 0) is 48.9 Å². The van der Waals surface area contributed by atoms with Crippen molar-refractivity contribution < 1.29 is 43.9 Å². The molecular weight excluding hydrogens is 565 g/mol. The number of carboxylic acid groups (broad SMARTS) is 3. The van der Waals surface area contributed by atoms with Gasteiger partial charge in [-0.1, -0.05) is 6.07 Å². The summed E-state index contributed by atoms with van der Waals surface area (Å²) in [6, 6.07) is 14.3. The van der Waals surface area contributed by atoms with Crippen LogP contribution in [0.5, 0.6) is 0 Å². The molecule has 1 aromatic carbocycles. The number of halogens is 1. The number of imidazole rings is 1. The van der Waals surface area contributed by atoms with Gasteiger partial charge in [0.15, 0.2) is 5.60 Å². The molecule has 14 heteroatoms. The number of fused-ring (bicyclic) bond motifs is 1. The zero-order valence-corrected chi connectivity index (χ0v) is 23.3. The number of benzene rings is 1. The maximum absolute atomic E-state index is 13.5. The maximum Gasteiger partial charge on any atom is 0.336 e. The van der Waals surface area contributed by atoms with Crippen molar-refractivity contribution in [2.75, 3.05) is 20.3 Å². The van der Waals surface area contributed by atoms with E-state index < -0.39 is 36.4 Å². The zero-order valence-electron chi connectivity index (χ0n) is 23.3. The average molecular weight is 598 g/mol. The highest BCUT2D eigenvalue weighted by Gasteiger charge is 2.40. The number of nitrogens with zero attached hydrogens (tertiary/aromatic N) is 5. The van der Waals surface area contributed by atoms with Crippen LogP contribution in [0.3, 0.4) is 0 Å². The van der Waals surface area contributed by atoms with Crippen molar-refractivity contribution in [1.82, 2.24) is 24.3 Å². The van der Waals surface area contributed by atoms with E-state index in [1.807, 2.05) is 41.1 Å². The number of methoxy groups -OCH3 is 1. The summed E-state index contributed by atoms with van der Waals surface area (Å²) in [7, 11) is 1.71. The van der Waals surface area contributed by atoms with E-state index in [0.29, 0.717) is 25.5 Å². The Hall–Kier alpha value is -4.79. The van der Waals surface area contributed by atoms with Crippen LogP contribution in [0.25, 0.3) is 17.0 Å². The van der Waals surface area contributed by atoms with E-state index in [0.717, 1.165) is 35.6 Å². The molecule has 0 amide bonds. The van der Waals surface area contributed by atoms with Crippen LogP contribution < -0.4 is 0 Å². The number of aliphatic hydroxyl groups is 1. The van der Waals surface area contributed by atoms with Gasteiger partial charge in [-0.15, -0.1) is 0 Å². The second kappa shape index (κ2) is 15.4. The van der Waals surface area contributed by atoms with Crippen molar-refractivity contribution in [3.63, 3.8) is 0 Å². The third-order valence-electron chi connectivity index (χ3n) is 6.21. The first-order chi connectivity index (χ1) is 20.5. The van der Waals surface area contributed by atoms with Gasteiger partial charge >= 0.3 is 17.9 Å². The molecule has 4 aromatic rings. The fourth-order valence-corrected chi connectivity index (χ4v) is 4.22. The Bertz CT molecular complexity index is 1500. The van der Waals surface area contributed by atoms with E-state index in [-0.39, 0.29) is 5.82 Å². The summed E-state index contributed by atoms with van der Waals surface area (Å²) in [6.07, 6.45) is 4.12. The highest BCUT2D eigenvalue weighted by atomic mass is 19.1. The van der Waals surface area contributed by atoms with Crippen LogP contribution >= 0.6 is 0 Å². The van der Waals surface area contributed by atoms with Crippen molar-refractivity contribution in [1.29, 1.82) is 0 Å². The zero-order chi connectivity index (χ0) is 31.4. The van der Waals surface area contributed by atoms with Crippen molar-refractivity contribution in [2.45, 2.75) is 38.0 Å². The second-order valence-corrected chi connectivity index (χ2v) is 9.56. The van der Waals surface area contributed by atoms with Crippen molar-refractivity contribution in [3.05, 3.63) is 84.3 Å². The number of hydrogen-bond donors (Lipinski definition) is 4. The standard InChI is InChI=1S/C23H24FN5O.C6H8O7/c1-30-15-5-13-28(16-20-6-2-3-11-25-20)17-21-22(18-7-9-19(24)10-8-18)27-23-26-12-4-14-29(21)23;7-3(8)1-6(13,5(11)12)2-4(9)10/h2-4,6-12,14H,5,13,15-17H2,1H3;13H,1-2H2,(H,7,8)(H,9,10)(H,11,12). The van der Waals surface area contributed by atoms with Gasteiger partial charge in [0.1, 0.15) is 5.82 Å². The highest BCUT2D eigenvalue weighted by Crippen LogP contribution is 2.26. The van der Waals surface area contributed by atoms with Crippen molar-refractivity contribution in [2.24, 2.45) is 0 Å². The molecule has 228 valence electrons. The predicted molar refractivity (Wildman–Crippen MR) is 150 cm³/mol. The third kappa shape index (κ3) is 9.63. The number of hydrogen-bond acceptors (Lipinski definition) is 9. The Morgan fingerprint density at radius 1 is 0.953 bits per heavy atom. The molecule has 0 unspecified atom stereocenters. The predicted octanol–water partition coefficient (Wildman–Crippen LogP) is 2.72. The SMILES string of the molecule is COCCCN(Cc1ccccn1)Cc1c(-c2ccc(F)cc2)nc2ncccn12.O=C(O)CC(O)(CC(=O)O)C(=O)O. The summed E-state index contributed by atoms with van der Waals surface area (Å²) < 4.78 is 20.7. The Balaban J connectivity index is 0.000000331. The first kappa shape index (κ1) is 32.7. The molecule has 0 bridgehead atoms. The van der Waals surface area contributed by atoms with Crippen LogP contribution in [0.15, 0.2) is 67.1 Å². The van der Waals surface area contributed by atoms with Gasteiger partial charge in [0.2, 0.25) is 5.78 Å². The van der Waals surface area contributed by atoms with Gasteiger partial charge in [0.05, 0.1) is 29.9 Å². The van der Waals surface area contributed by atoms with Crippen LogP contribution in [0.2, 0.25) is 0 Å². The average Bonchev–Trinajstić information content (AvgIpc) is 3.31. The number of carbonyl (C=O) groups is 3. The van der Waals surface area contributed by atoms with Gasteiger partial charge in [-0.25, -0.2) is 19.2 Å². The van der Waals surface area contributed by atoms with Crippen molar-refractivity contribution >= 4 is 23.7 Å². The fraction of sp³-hybridized carbons (Fsp3) is 0.310. The molecule has 4 rings (SSSR count). The molecule has 4 N–H and O–H groups in total. The van der Waals surface area contributed by atoms with E-state index >= 15 is 0 Å². The summed E-state index contributed by atoms with van der Waals surface area (Å²) in [5.74, 6) is -4.66. The largest absolute Gasteiger partial charge is 0.481 e. The molecule has 3 aromatic heterocycles. The minimum atomic E-state index is -2.74. The summed E-state index contributed by atoms with van der Waals surface area (Å²) in [5, 5.41) is 33.8. The Labute approximate surface area is 245 Å². The van der Waals surface area contributed by atoms with E-state index in [9.17, 15) is 18.8 Å². The smallest absolute Gasteiger partial charge is 0.336 e. The molecule has 0 spiro atoms. The monoisotopic (exact) mass is 597 g/mol. The molecule has 0 radical (unpaired) electrons. The van der Waals surface area contributed by atoms with Crippen LogP contribution in [0.4, 0.5) is 4.39 Å². The Kier molecular flexibility index (Phi) is 11.8. The lowest BCUT2D eigenvalue weighted by atomic mass is 9.96. The number of rotatable bonds is 14. The molecule has 0 fully saturated rings. The first-order valence-corrected chi connectivity index (χ1v) is 13.1. The minimum Gasteiger partial charge on any atom is -0.481 e. The number of aliphatic carboxylic acids is 3. The van der Waals surface area contributed by atoms with E-state index in [4.69, 9.17) is 30.1 Å². The van der Waals surface area contributed by atoms with Crippen LogP contribution in [0, 0.1) is 5.82 Å². The number of carboxylic acids is 3. The van der Waals surface area contributed by atoms with Gasteiger partial charge in [-0.2, -0.15) is 0 Å². The van der Waals surface area contributed by atoms with E-state index in [2.05, 4.69) is 14.9 Å². The Morgan fingerprint density at radius 3 is 2.21 bits per heavy atom. The van der Waals surface area contributed by atoms with E-state index in [1.165, 1.54) is 12.1 Å². The molecule has 43 heavy (non-hydrogen) atoms. The normalized spacial score (nSPS) is 11.3. The lowest BCUT2D eigenvalue weighted by molar-refractivity contribution is -0.170. The van der Waals surface area contributed by atoms with Gasteiger partial charge in [0, 0.05) is 57.5 Å². The molecule has 0 saturated heterocycles. The fourth-order valence-electron chi connectivity index (χ4n) is 4.22. The molecule has 0 aliphatic carbocycles. The number of pyridine rings is 1. The van der Waals surface area contributed by atoms with Gasteiger partial charge in [0.25, 0.3) is 0 Å². The molecule has 0 aliphatic rings. The maximum atomic E-state index is 13.5. The van der Waals surface area contributed by atoms with Gasteiger partial charge in [-0.3, -0.25) is 23.9 Å².